The van der Waals surface area contributed by atoms with Crippen LogP contribution in [0.4, 0.5) is 5.69 Å². The molecule has 0 heterocycles. The van der Waals surface area contributed by atoms with Crippen molar-refractivity contribution in [3.8, 4) is 0 Å². The van der Waals surface area contributed by atoms with Gasteiger partial charge in [-0.2, -0.15) is 0 Å². The predicted octanol–water partition coefficient (Wildman–Crippen LogP) is 1.92. The molecule has 0 radical (unpaired) electrons. The number of nitrogens with one attached hydrogen (secondary N) is 2. The highest BCUT2D eigenvalue weighted by Crippen LogP contribution is 2.12. The third-order valence-electron chi connectivity index (χ3n) is 3.47. The average Bonchev–Trinajstić information content (AvgIpc) is 2.70. The van der Waals surface area contributed by atoms with Crippen molar-refractivity contribution in [3.05, 3.63) is 81.4 Å². The number of benzene rings is 2. The van der Waals surface area contributed by atoms with E-state index in [9.17, 15) is 24.5 Å². The van der Waals surface area contributed by atoms with E-state index < -0.39 is 29.3 Å². The lowest BCUT2D eigenvalue weighted by Gasteiger charge is -2.07. The molecule has 2 rings (SSSR count). The molecule has 2 aromatic carbocycles. The second kappa shape index (κ2) is 9.62. The molecule has 2 amide bonds. The summed E-state index contributed by atoms with van der Waals surface area (Å²) in [4.78, 5) is 45.2. The number of aryl methyl sites for hydroxylation is 1. The van der Waals surface area contributed by atoms with Crippen molar-refractivity contribution in [2.75, 3.05) is 6.61 Å². The Morgan fingerprint density at radius 2 is 1.82 bits per heavy atom. The molecule has 0 saturated carbocycles. The van der Waals surface area contributed by atoms with Crippen molar-refractivity contribution in [2.45, 2.75) is 6.92 Å². The van der Waals surface area contributed by atoms with Crippen molar-refractivity contribution < 1.29 is 24.0 Å². The third-order valence-corrected chi connectivity index (χ3v) is 3.47. The number of ether oxygens (including phenoxy) is 1. The molecule has 0 saturated heterocycles. The SMILES string of the molecule is Cc1ccc(/C=C/C(=O)OCC(=O)NNC(=O)c2cccc([N+](=O)[O-])c2)cc1. The summed E-state index contributed by atoms with van der Waals surface area (Å²) < 4.78 is 4.76. The van der Waals surface area contributed by atoms with Crippen molar-refractivity contribution in [2.24, 2.45) is 0 Å². The van der Waals surface area contributed by atoms with Gasteiger partial charge in [-0.1, -0.05) is 35.9 Å². The predicted molar refractivity (Wildman–Crippen MR) is 99.9 cm³/mol. The first-order chi connectivity index (χ1) is 13.3. The Balaban J connectivity index is 1.76. The zero-order valence-electron chi connectivity index (χ0n) is 14.9. The Kier molecular flexibility index (Phi) is 6.98. The molecule has 0 atom stereocenters. The first-order valence-electron chi connectivity index (χ1n) is 8.10. The maximum absolute atomic E-state index is 11.9. The Bertz CT molecular complexity index is 922. The normalized spacial score (nSPS) is 10.3. The van der Waals surface area contributed by atoms with Gasteiger partial charge in [0.1, 0.15) is 0 Å². The molecule has 0 aromatic heterocycles. The number of hydrogen-bond acceptors (Lipinski definition) is 6. The number of carbonyl (C=O) groups excluding carboxylic acids is 3. The summed E-state index contributed by atoms with van der Waals surface area (Å²) in [6.45, 7) is 1.34. The molecule has 2 N–H and O–H groups in total. The van der Waals surface area contributed by atoms with E-state index in [0.717, 1.165) is 17.2 Å². The van der Waals surface area contributed by atoms with E-state index in [-0.39, 0.29) is 11.3 Å². The van der Waals surface area contributed by atoms with E-state index in [1.807, 2.05) is 31.2 Å². The van der Waals surface area contributed by atoms with Crippen molar-refractivity contribution in [3.63, 3.8) is 0 Å². The van der Waals surface area contributed by atoms with Crippen LogP contribution < -0.4 is 10.9 Å². The van der Waals surface area contributed by atoms with Crippen LogP contribution in [0.3, 0.4) is 0 Å². The first-order valence-corrected chi connectivity index (χ1v) is 8.10. The molecule has 9 heteroatoms. The largest absolute Gasteiger partial charge is 0.452 e. The van der Waals surface area contributed by atoms with Crippen LogP contribution >= 0.6 is 0 Å². The number of esters is 1. The summed E-state index contributed by atoms with van der Waals surface area (Å²) in [5.41, 5.74) is 5.76. The monoisotopic (exact) mass is 383 g/mol. The first kappa shape index (κ1) is 20.3. The van der Waals surface area contributed by atoms with E-state index >= 15 is 0 Å². The smallest absolute Gasteiger partial charge is 0.331 e. The zero-order chi connectivity index (χ0) is 20.5. The Labute approximate surface area is 160 Å². The van der Waals surface area contributed by atoms with Crippen LogP contribution in [-0.2, 0) is 14.3 Å². The van der Waals surface area contributed by atoms with Gasteiger partial charge in [-0.3, -0.25) is 30.6 Å². The van der Waals surface area contributed by atoms with Crippen LogP contribution in [0.5, 0.6) is 0 Å². The van der Waals surface area contributed by atoms with E-state index in [1.165, 1.54) is 24.3 Å². The number of nitro groups is 1. The minimum atomic E-state index is -0.768. The summed E-state index contributed by atoms with van der Waals surface area (Å²) in [6, 6.07) is 12.4. The lowest BCUT2D eigenvalue weighted by molar-refractivity contribution is -0.384. The highest BCUT2D eigenvalue weighted by molar-refractivity contribution is 5.96. The summed E-state index contributed by atoms with van der Waals surface area (Å²) in [7, 11) is 0. The van der Waals surface area contributed by atoms with Crippen molar-refractivity contribution in [1.82, 2.24) is 10.9 Å². The molecule has 0 bridgehead atoms. The lowest BCUT2D eigenvalue weighted by Crippen LogP contribution is -2.43. The maximum atomic E-state index is 11.9. The lowest BCUT2D eigenvalue weighted by atomic mass is 10.1. The quantitative estimate of drug-likeness (QED) is 0.339. The Hall–Kier alpha value is -4.01. The van der Waals surface area contributed by atoms with Crippen molar-refractivity contribution >= 4 is 29.5 Å². The molecule has 9 nitrogen and oxygen atoms in total. The van der Waals surface area contributed by atoms with E-state index in [0.29, 0.717) is 0 Å². The number of hydrogen-bond donors (Lipinski definition) is 2. The van der Waals surface area contributed by atoms with Crippen LogP contribution in [0.25, 0.3) is 6.08 Å². The summed E-state index contributed by atoms with van der Waals surface area (Å²) in [6.07, 6.45) is 2.73. The van der Waals surface area contributed by atoms with E-state index in [2.05, 4.69) is 10.9 Å². The van der Waals surface area contributed by atoms with Crippen molar-refractivity contribution in [1.29, 1.82) is 0 Å². The number of rotatable bonds is 6. The molecule has 2 aromatic rings. The van der Waals surface area contributed by atoms with Gasteiger partial charge in [-0.05, 0) is 24.6 Å². The molecule has 28 heavy (non-hydrogen) atoms. The molecular weight excluding hydrogens is 366 g/mol. The van der Waals surface area contributed by atoms with Gasteiger partial charge < -0.3 is 4.74 Å². The number of non-ortho nitro benzene ring substituents is 1. The van der Waals surface area contributed by atoms with Gasteiger partial charge in [0.2, 0.25) is 0 Å². The van der Waals surface area contributed by atoms with Gasteiger partial charge in [-0.15, -0.1) is 0 Å². The molecule has 0 fully saturated rings. The Morgan fingerprint density at radius 1 is 1.11 bits per heavy atom. The highest BCUT2D eigenvalue weighted by atomic mass is 16.6. The summed E-state index contributed by atoms with van der Waals surface area (Å²) in [5.74, 6) is -2.24. The standard InChI is InChI=1S/C19H17N3O6/c1-13-5-7-14(8-6-13)9-10-18(24)28-12-17(23)20-21-19(25)15-3-2-4-16(11-15)22(26)27/h2-11H,12H2,1H3,(H,20,23)(H,21,25)/b10-9+. The summed E-state index contributed by atoms with van der Waals surface area (Å²) >= 11 is 0. The number of carbonyl (C=O) groups is 3. The number of nitrogens with zero attached hydrogens (tertiary/aromatic N) is 1. The molecule has 0 aliphatic rings. The average molecular weight is 383 g/mol. The van der Waals surface area contributed by atoms with Gasteiger partial charge >= 0.3 is 5.97 Å². The molecule has 0 spiro atoms. The van der Waals surface area contributed by atoms with Gasteiger partial charge in [0.05, 0.1) is 4.92 Å². The minimum Gasteiger partial charge on any atom is -0.452 e. The fourth-order valence-electron chi connectivity index (χ4n) is 2.02. The molecular formula is C19H17N3O6. The van der Waals surface area contributed by atoms with Gasteiger partial charge in [0.25, 0.3) is 17.5 Å². The number of hydrazine groups is 1. The van der Waals surface area contributed by atoms with Gasteiger partial charge in [0.15, 0.2) is 6.61 Å². The fourth-order valence-corrected chi connectivity index (χ4v) is 2.02. The third kappa shape index (κ3) is 6.37. The second-order valence-electron chi connectivity index (χ2n) is 5.66. The van der Waals surface area contributed by atoms with Crippen LogP contribution in [0.2, 0.25) is 0 Å². The van der Waals surface area contributed by atoms with E-state index in [4.69, 9.17) is 4.74 Å². The van der Waals surface area contributed by atoms with Gasteiger partial charge in [-0.25, -0.2) is 4.79 Å². The molecule has 0 aliphatic carbocycles. The van der Waals surface area contributed by atoms with Crippen LogP contribution in [0, 0.1) is 17.0 Å². The maximum Gasteiger partial charge on any atom is 0.331 e. The second-order valence-corrected chi connectivity index (χ2v) is 5.66. The molecule has 0 unspecified atom stereocenters. The minimum absolute atomic E-state index is 0.00692. The zero-order valence-corrected chi connectivity index (χ0v) is 14.9. The molecule has 144 valence electrons. The highest BCUT2D eigenvalue weighted by Gasteiger charge is 2.12. The fraction of sp³-hybridized carbons (Fsp3) is 0.105. The van der Waals surface area contributed by atoms with Crippen LogP contribution in [0.15, 0.2) is 54.6 Å². The number of amides is 2. The Morgan fingerprint density at radius 3 is 2.50 bits per heavy atom. The van der Waals surface area contributed by atoms with Crippen LogP contribution in [0.1, 0.15) is 21.5 Å². The molecule has 0 aliphatic heterocycles. The number of nitro benzene ring substituents is 1. The topological polar surface area (TPSA) is 128 Å². The summed E-state index contributed by atoms with van der Waals surface area (Å²) in [5, 5.41) is 10.7. The van der Waals surface area contributed by atoms with E-state index in [1.54, 1.807) is 6.08 Å². The van der Waals surface area contributed by atoms with Crippen LogP contribution in [-0.4, -0.2) is 29.3 Å². The van der Waals surface area contributed by atoms with Gasteiger partial charge in [0, 0.05) is 23.8 Å².